The highest BCUT2D eigenvalue weighted by Crippen LogP contribution is 2.36. The second kappa shape index (κ2) is 7.64. The Morgan fingerprint density at radius 1 is 1.26 bits per heavy atom. The molecular formula is C21H24N2O3S. The fourth-order valence-electron chi connectivity index (χ4n) is 3.07. The van der Waals surface area contributed by atoms with E-state index in [1.807, 2.05) is 19.9 Å². The molecule has 142 valence electrons. The number of fused-ring (bicyclic) bond motifs is 1. The zero-order valence-corrected chi connectivity index (χ0v) is 17.1. The number of ether oxygens (including phenoxy) is 1. The van der Waals surface area contributed by atoms with Gasteiger partial charge in [-0.05, 0) is 50.8 Å². The molecule has 0 bridgehead atoms. The van der Waals surface area contributed by atoms with Gasteiger partial charge < -0.3 is 4.74 Å². The number of thiophene rings is 1. The largest absolute Gasteiger partial charge is 0.464 e. The number of aromatic nitrogens is 2. The van der Waals surface area contributed by atoms with Gasteiger partial charge in [0.2, 0.25) is 0 Å². The molecule has 27 heavy (non-hydrogen) atoms. The zero-order valence-electron chi connectivity index (χ0n) is 16.3. The number of hydrogen-bond acceptors (Lipinski definition) is 5. The van der Waals surface area contributed by atoms with Gasteiger partial charge in [0.15, 0.2) is 0 Å². The second-order valence-electron chi connectivity index (χ2n) is 6.81. The van der Waals surface area contributed by atoms with E-state index in [1.54, 1.807) is 6.92 Å². The first-order chi connectivity index (χ1) is 12.8. The summed E-state index contributed by atoms with van der Waals surface area (Å²) in [6, 6.07) is 5.48. The molecule has 0 saturated heterocycles. The fourth-order valence-corrected chi connectivity index (χ4v) is 4.08. The number of carbonyl (C=O) groups excluding carboxylic acids is 1. The smallest absolute Gasteiger partial charge is 0.328 e. The normalized spacial score (nSPS) is 12.3. The molecule has 0 aliphatic rings. The van der Waals surface area contributed by atoms with Crippen LogP contribution in [0.2, 0.25) is 0 Å². The molecule has 1 aromatic carbocycles. The van der Waals surface area contributed by atoms with E-state index < -0.39 is 12.0 Å². The summed E-state index contributed by atoms with van der Waals surface area (Å²) >= 11 is 1.50. The van der Waals surface area contributed by atoms with E-state index in [4.69, 9.17) is 4.74 Å². The topological polar surface area (TPSA) is 61.2 Å². The Hall–Kier alpha value is -2.47. The van der Waals surface area contributed by atoms with Gasteiger partial charge >= 0.3 is 5.97 Å². The van der Waals surface area contributed by atoms with Crippen LogP contribution in [-0.2, 0) is 9.53 Å². The van der Waals surface area contributed by atoms with Crippen LogP contribution in [-0.4, -0.2) is 22.1 Å². The molecule has 3 aromatic rings. The number of hydrogen-bond donors (Lipinski definition) is 0. The molecule has 6 heteroatoms. The lowest BCUT2D eigenvalue weighted by molar-refractivity contribution is -0.147. The highest BCUT2D eigenvalue weighted by atomic mass is 32.1. The standard InChI is InChI=1S/C21H24N2O3S/c1-6-9-26-21(25)14(4)23-11-22-19-18(20(23)24)17(15(5)27-19)16-8-7-12(2)13(3)10-16/h7-8,10-11,14H,6,9H2,1-5H3. The van der Waals surface area contributed by atoms with E-state index in [-0.39, 0.29) is 5.56 Å². The van der Waals surface area contributed by atoms with Crippen LogP contribution in [0.25, 0.3) is 21.3 Å². The van der Waals surface area contributed by atoms with Crippen LogP contribution in [0, 0.1) is 20.8 Å². The third kappa shape index (κ3) is 3.54. The van der Waals surface area contributed by atoms with Gasteiger partial charge in [0.1, 0.15) is 10.9 Å². The van der Waals surface area contributed by atoms with Crippen molar-refractivity contribution in [2.24, 2.45) is 0 Å². The maximum atomic E-state index is 13.2. The van der Waals surface area contributed by atoms with E-state index in [0.29, 0.717) is 16.8 Å². The summed E-state index contributed by atoms with van der Waals surface area (Å²) in [6.45, 7) is 10.1. The van der Waals surface area contributed by atoms with Gasteiger partial charge in [-0.2, -0.15) is 0 Å². The van der Waals surface area contributed by atoms with Crippen LogP contribution >= 0.6 is 11.3 Å². The minimum absolute atomic E-state index is 0.210. The van der Waals surface area contributed by atoms with Gasteiger partial charge in [-0.15, -0.1) is 11.3 Å². The molecule has 0 fully saturated rings. The van der Waals surface area contributed by atoms with Gasteiger partial charge in [-0.25, -0.2) is 9.78 Å². The molecule has 0 radical (unpaired) electrons. The van der Waals surface area contributed by atoms with Crippen molar-refractivity contribution >= 4 is 27.5 Å². The third-order valence-corrected chi connectivity index (χ3v) is 5.83. The predicted octanol–water partition coefficient (Wildman–Crippen LogP) is 4.56. The van der Waals surface area contributed by atoms with Gasteiger partial charge in [0, 0.05) is 10.4 Å². The van der Waals surface area contributed by atoms with E-state index in [9.17, 15) is 9.59 Å². The van der Waals surface area contributed by atoms with Crippen LogP contribution in [0.5, 0.6) is 0 Å². The van der Waals surface area contributed by atoms with E-state index in [2.05, 4.69) is 31.0 Å². The molecule has 1 atom stereocenters. The molecule has 1 unspecified atom stereocenters. The van der Waals surface area contributed by atoms with Crippen molar-refractivity contribution in [2.45, 2.75) is 47.1 Å². The maximum absolute atomic E-state index is 13.2. The van der Waals surface area contributed by atoms with Crippen LogP contribution < -0.4 is 5.56 Å². The van der Waals surface area contributed by atoms with Gasteiger partial charge in [0.25, 0.3) is 5.56 Å². The average Bonchev–Trinajstić information content (AvgIpc) is 2.98. The minimum Gasteiger partial charge on any atom is -0.464 e. The van der Waals surface area contributed by atoms with Crippen molar-refractivity contribution < 1.29 is 9.53 Å². The average molecular weight is 385 g/mol. The summed E-state index contributed by atoms with van der Waals surface area (Å²) < 4.78 is 6.57. The summed E-state index contributed by atoms with van der Waals surface area (Å²) in [5.74, 6) is -0.417. The van der Waals surface area contributed by atoms with Crippen LogP contribution in [0.15, 0.2) is 29.3 Å². The molecule has 2 aromatic heterocycles. The number of nitrogens with zero attached hydrogens (tertiary/aromatic N) is 2. The van der Waals surface area contributed by atoms with E-state index >= 15 is 0 Å². The Labute approximate surface area is 162 Å². The molecule has 0 N–H and O–H groups in total. The minimum atomic E-state index is -0.714. The molecule has 3 rings (SSSR count). The number of esters is 1. The number of carbonyl (C=O) groups is 1. The zero-order chi connectivity index (χ0) is 19.7. The Morgan fingerprint density at radius 3 is 2.67 bits per heavy atom. The number of benzene rings is 1. The Balaban J connectivity index is 2.16. The molecule has 5 nitrogen and oxygen atoms in total. The highest BCUT2D eigenvalue weighted by molar-refractivity contribution is 7.19. The Morgan fingerprint density at radius 2 is 2.00 bits per heavy atom. The SMILES string of the molecule is CCCOC(=O)C(C)n1cnc2sc(C)c(-c3ccc(C)c(C)c3)c2c1=O. The summed E-state index contributed by atoms with van der Waals surface area (Å²) in [6.07, 6.45) is 2.19. The molecule has 0 saturated carbocycles. The lowest BCUT2D eigenvalue weighted by Crippen LogP contribution is -2.29. The van der Waals surface area contributed by atoms with Crippen molar-refractivity contribution in [1.29, 1.82) is 0 Å². The monoisotopic (exact) mass is 384 g/mol. The molecule has 0 amide bonds. The first-order valence-corrected chi connectivity index (χ1v) is 9.91. The van der Waals surface area contributed by atoms with Gasteiger partial charge in [-0.3, -0.25) is 9.36 Å². The van der Waals surface area contributed by atoms with Crippen molar-refractivity contribution in [3.05, 3.63) is 50.9 Å². The first kappa shape index (κ1) is 19.3. The van der Waals surface area contributed by atoms with Crippen LogP contribution in [0.4, 0.5) is 0 Å². The van der Waals surface area contributed by atoms with Crippen molar-refractivity contribution in [3.63, 3.8) is 0 Å². The maximum Gasteiger partial charge on any atom is 0.328 e. The molecular weight excluding hydrogens is 360 g/mol. The summed E-state index contributed by atoms with van der Waals surface area (Å²) in [7, 11) is 0. The number of rotatable bonds is 5. The second-order valence-corrected chi connectivity index (χ2v) is 8.02. The van der Waals surface area contributed by atoms with Crippen molar-refractivity contribution in [3.8, 4) is 11.1 Å². The van der Waals surface area contributed by atoms with E-state index in [0.717, 1.165) is 22.4 Å². The molecule has 0 spiro atoms. The lowest BCUT2D eigenvalue weighted by Gasteiger charge is -2.14. The predicted molar refractivity (Wildman–Crippen MR) is 109 cm³/mol. The summed E-state index contributed by atoms with van der Waals surface area (Å²) in [5.41, 5.74) is 4.07. The van der Waals surface area contributed by atoms with Gasteiger partial charge in [-0.1, -0.05) is 25.1 Å². The Bertz CT molecular complexity index is 1070. The molecule has 0 aliphatic heterocycles. The lowest BCUT2D eigenvalue weighted by atomic mass is 9.99. The summed E-state index contributed by atoms with van der Waals surface area (Å²) in [5, 5.41) is 0.568. The van der Waals surface area contributed by atoms with Crippen LogP contribution in [0.3, 0.4) is 0 Å². The first-order valence-electron chi connectivity index (χ1n) is 9.09. The van der Waals surface area contributed by atoms with Crippen molar-refractivity contribution in [2.75, 3.05) is 6.61 Å². The third-order valence-electron chi connectivity index (χ3n) is 4.82. The van der Waals surface area contributed by atoms with Gasteiger partial charge in [0.05, 0.1) is 18.3 Å². The summed E-state index contributed by atoms with van der Waals surface area (Å²) in [4.78, 5) is 31.6. The van der Waals surface area contributed by atoms with Crippen molar-refractivity contribution in [1.82, 2.24) is 9.55 Å². The number of aryl methyl sites for hydroxylation is 3. The Kier molecular flexibility index (Phi) is 5.46. The van der Waals surface area contributed by atoms with E-state index in [1.165, 1.54) is 33.4 Å². The molecule has 0 aliphatic carbocycles. The molecule has 2 heterocycles. The fraction of sp³-hybridized carbons (Fsp3) is 0.381. The quantitative estimate of drug-likeness (QED) is 0.605. The highest BCUT2D eigenvalue weighted by Gasteiger charge is 2.22. The van der Waals surface area contributed by atoms with Crippen LogP contribution in [0.1, 0.15) is 42.3 Å².